The molecule has 0 bridgehead atoms. The van der Waals surface area contributed by atoms with Gasteiger partial charge < -0.3 is 25.4 Å². The highest BCUT2D eigenvalue weighted by Crippen LogP contribution is 2.36. The van der Waals surface area contributed by atoms with Crippen LogP contribution in [0, 0.1) is 5.92 Å². The van der Waals surface area contributed by atoms with Crippen LogP contribution in [0.1, 0.15) is 25.3 Å². The second-order valence-electron chi connectivity index (χ2n) is 8.64. The summed E-state index contributed by atoms with van der Waals surface area (Å²) in [5, 5.41) is 23.2. The number of pyridine rings is 1. The summed E-state index contributed by atoms with van der Waals surface area (Å²) in [6.07, 6.45) is -0.528. The Kier molecular flexibility index (Phi) is 5.43. The average Bonchev–Trinajstić information content (AvgIpc) is 3.19. The van der Waals surface area contributed by atoms with E-state index in [0.29, 0.717) is 17.4 Å². The Bertz CT molecular complexity index is 1750. The van der Waals surface area contributed by atoms with Crippen LogP contribution in [0.2, 0.25) is 0 Å². The van der Waals surface area contributed by atoms with Crippen molar-refractivity contribution in [3.05, 3.63) is 58.2 Å². The van der Waals surface area contributed by atoms with Crippen molar-refractivity contribution >= 4 is 49.5 Å². The Balaban J connectivity index is 1.70. The number of carboxylic acids is 1. The van der Waals surface area contributed by atoms with Crippen LogP contribution in [0.3, 0.4) is 0 Å². The van der Waals surface area contributed by atoms with Crippen molar-refractivity contribution in [2.24, 2.45) is 10.3 Å². The van der Waals surface area contributed by atoms with Gasteiger partial charge >= 0.3 is 5.97 Å². The Morgan fingerprint density at radius 2 is 1.97 bits per heavy atom. The van der Waals surface area contributed by atoms with E-state index in [1.165, 1.54) is 16.8 Å². The van der Waals surface area contributed by atoms with Gasteiger partial charge in [-0.1, -0.05) is 26.0 Å². The number of sulfonamides is 1. The zero-order valence-corrected chi connectivity index (χ0v) is 20.0. The quantitative estimate of drug-likeness (QED) is 0.300. The van der Waals surface area contributed by atoms with E-state index >= 15 is 0 Å². The van der Waals surface area contributed by atoms with Crippen LogP contribution >= 0.6 is 0 Å². The molecule has 186 valence electrons. The Hall–Kier alpha value is -4.39. The minimum Gasteiger partial charge on any atom is -0.506 e. The van der Waals surface area contributed by atoms with E-state index in [1.54, 1.807) is 24.3 Å². The molecular weight excluding hydrogens is 490 g/mol. The molecule has 0 atom stereocenters. The van der Waals surface area contributed by atoms with Crippen molar-refractivity contribution in [3.8, 4) is 5.75 Å². The summed E-state index contributed by atoms with van der Waals surface area (Å²) in [7, 11) is -4.43. The van der Waals surface area contributed by atoms with Crippen LogP contribution in [-0.4, -0.2) is 46.6 Å². The number of hydrogen-bond acceptors (Lipinski definition) is 9. The first-order chi connectivity index (χ1) is 17.1. The van der Waals surface area contributed by atoms with Crippen LogP contribution in [0.5, 0.6) is 5.75 Å². The fraction of sp³-hybridized carbons (Fsp3) is 0.217. The van der Waals surface area contributed by atoms with Crippen LogP contribution in [0.4, 0.5) is 5.69 Å². The highest BCUT2D eigenvalue weighted by atomic mass is 32.2. The highest BCUT2D eigenvalue weighted by molar-refractivity contribution is 7.90. The number of aliphatic carboxylic acids is 1. The van der Waals surface area contributed by atoms with Crippen molar-refractivity contribution in [2.75, 3.05) is 17.3 Å². The molecule has 0 spiro atoms. The number of carbonyl (C=O) groups is 1. The smallest absolute Gasteiger partial charge is 0.312 e. The van der Waals surface area contributed by atoms with E-state index < -0.39 is 33.7 Å². The molecule has 1 aliphatic rings. The number of amidine groups is 1. The topological polar surface area (TPSA) is 176 Å². The molecule has 0 fully saturated rings. The third-order valence-electron chi connectivity index (χ3n) is 5.53. The maximum absolute atomic E-state index is 13.5. The number of hydrogen-bond donors (Lipinski definition) is 4. The first-order valence-electron chi connectivity index (χ1n) is 10.9. The molecule has 5 rings (SSSR count). The van der Waals surface area contributed by atoms with Gasteiger partial charge in [-0.15, -0.1) is 4.40 Å². The van der Waals surface area contributed by atoms with E-state index in [0.717, 1.165) is 0 Å². The number of nitrogens with zero attached hydrogens (tertiary/aromatic N) is 3. The fourth-order valence-electron chi connectivity index (χ4n) is 3.97. The first kappa shape index (κ1) is 23.4. The molecule has 0 unspecified atom stereocenters. The summed E-state index contributed by atoms with van der Waals surface area (Å²) in [5.41, 5.74) is 2.47. The maximum atomic E-state index is 13.5. The SMILES string of the molecule is CC(C)CNn1c(=O)c(C2=NS(=O)(=O)c3c(ccc4oc(CC(=O)O)nc34)N2)c(O)c2ccccc21. The normalized spacial score (nSPS) is 14.5. The lowest BCUT2D eigenvalue weighted by atomic mass is 10.1. The first-order valence-corrected chi connectivity index (χ1v) is 12.4. The second kappa shape index (κ2) is 8.37. The lowest BCUT2D eigenvalue weighted by Gasteiger charge is -2.21. The van der Waals surface area contributed by atoms with E-state index in [4.69, 9.17) is 9.52 Å². The molecule has 13 heteroatoms. The molecule has 3 heterocycles. The number of fused-ring (bicyclic) bond motifs is 4. The van der Waals surface area contributed by atoms with E-state index in [2.05, 4.69) is 20.1 Å². The molecule has 0 aliphatic carbocycles. The summed E-state index contributed by atoms with van der Waals surface area (Å²) in [6, 6.07) is 9.49. The number of nitrogens with one attached hydrogen (secondary N) is 2. The number of aromatic nitrogens is 2. The molecule has 0 radical (unpaired) electrons. The van der Waals surface area contributed by atoms with Crippen LogP contribution in [0.15, 0.2) is 54.9 Å². The molecule has 4 aromatic rings. The zero-order valence-electron chi connectivity index (χ0n) is 19.1. The fourth-order valence-corrected chi connectivity index (χ4v) is 5.23. The molecule has 12 nitrogen and oxygen atoms in total. The molecule has 2 aromatic carbocycles. The molecular formula is C23H21N5O7S. The summed E-state index contributed by atoms with van der Waals surface area (Å²) in [4.78, 5) is 28.2. The van der Waals surface area contributed by atoms with Crippen molar-refractivity contribution in [2.45, 2.75) is 25.2 Å². The van der Waals surface area contributed by atoms with E-state index in [1.807, 2.05) is 13.8 Å². The van der Waals surface area contributed by atoms with Crippen molar-refractivity contribution in [3.63, 3.8) is 0 Å². The minimum absolute atomic E-state index is 0.0522. The van der Waals surface area contributed by atoms with Gasteiger partial charge in [-0.2, -0.15) is 8.42 Å². The van der Waals surface area contributed by atoms with E-state index in [-0.39, 0.29) is 44.9 Å². The van der Waals surface area contributed by atoms with Gasteiger partial charge in [0, 0.05) is 11.9 Å². The molecule has 0 saturated heterocycles. The monoisotopic (exact) mass is 511 g/mol. The standard InChI is InChI=1S/C23H21N5O7S/c1-11(2)10-24-28-14-6-4-3-5-12(14)20(31)18(23(28)32)22-25-13-7-8-15-19(21(13)36(33,34)27-22)26-16(35-15)9-17(29)30/h3-8,11,24,31H,9-10H2,1-2H3,(H,25,27)(H,29,30). The van der Waals surface area contributed by atoms with Crippen molar-refractivity contribution in [1.82, 2.24) is 9.66 Å². The largest absolute Gasteiger partial charge is 0.506 e. The Morgan fingerprint density at radius 3 is 2.69 bits per heavy atom. The lowest BCUT2D eigenvalue weighted by molar-refractivity contribution is -0.136. The van der Waals surface area contributed by atoms with Gasteiger partial charge in [0.05, 0.1) is 11.2 Å². The number of benzene rings is 2. The van der Waals surface area contributed by atoms with Crippen molar-refractivity contribution in [1.29, 1.82) is 0 Å². The predicted octanol–water partition coefficient (Wildman–Crippen LogP) is 2.24. The average molecular weight is 512 g/mol. The number of carboxylic acid groups (broad SMARTS) is 1. The molecule has 0 saturated carbocycles. The molecule has 36 heavy (non-hydrogen) atoms. The summed E-state index contributed by atoms with van der Waals surface area (Å²) >= 11 is 0. The van der Waals surface area contributed by atoms with Gasteiger partial charge in [0.25, 0.3) is 15.6 Å². The number of oxazole rings is 1. The number of rotatable bonds is 6. The van der Waals surface area contributed by atoms with Gasteiger partial charge in [0.15, 0.2) is 11.4 Å². The third-order valence-corrected chi connectivity index (χ3v) is 6.88. The molecule has 1 aliphatic heterocycles. The van der Waals surface area contributed by atoms with Crippen LogP contribution in [0.25, 0.3) is 22.0 Å². The second-order valence-corrected chi connectivity index (χ2v) is 10.2. The van der Waals surface area contributed by atoms with Crippen LogP contribution < -0.4 is 16.3 Å². The summed E-state index contributed by atoms with van der Waals surface area (Å²) < 4.78 is 36.9. The van der Waals surface area contributed by atoms with Gasteiger partial charge in [-0.3, -0.25) is 9.59 Å². The molecule has 2 aromatic heterocycles. The number of anilines is 1. The molecule has 0 amide bonds. The predicted molar refractivity (Wildman–Crippen MR) is 132 cm³/mol. The third kappa shape index (κ3) is 3.82. The number of aromatic hydroxyl groups is 1. The summed E-state index contributed by atoms with van der Waals surface area (Å²) in [5.74, 6) is -1.94. The lowest BCUT2D eigenvalue weighted by Crippen LogP contribution is -2.37. The van der Waals surface area contributed by atoms with Gasteiger partial charge in [0.1, 0.15) is 28.1 Å². The summed E-state index contributed by atoms with van der Waals surface area (Å²) in [6.45, 7) is 4.37. The molecule has 4 N–H and O–H groups in total. The van der Waals surface area contributed by atoms with Gasteiger partial charge in [-0.05, 0) is 30.2 Å². The van der Waals surface area contributed by atoms with Gasteiger partial charge in [0.2, 0.25) is 5.89 Å². The van der Waals surface area contributed by atoms with E-state index in [9.17, 15) is 23.1 Å². The highest BCUT2D eigenvalue weighted by Gasteiger charge is 2.33. The van der Waals surface area contributed by atoms with Crippen molar-refractivity contribution < 1.29 is 27.8 Å². The Morgan fingerprint density at radius 1 is 1.22 bits per heavy atom. The van der Waals surface area contributed by atoms with Crippen LogP contribution in [-0.2, 0) is 21.2 Å². The maximum Gasteiger partial charge on any atom is 0.312 e. The zero-order chi connectivity index (χ0) is 25.8. The minimum atomic E-state index is -4.43. The number of para-hydroxylation sites is 1. The Labute approximate surface area is 203 Å². The van der Waals surface area contributed by atoms with Gasteiger partial charge in [-0.25, -0.2) is 9.66 Å².